The third-order valence-corrected chi connectivity index (χ3v) is 6.61. The molecule has 0 fully saturated rings. The van der Waals surface area contributed by atoms with Gasteiger partial charge in [-0.1, -0.05) is 77.8 Å². The second-order valence-electron chi connectivity index (χ2n) is 8.03. The largest absolute Gasteiger partial charge is 0.372 e. The minimum absolute atomic E-state index is 1.18. The first kappa shape index (κ1) is 23.0. The lowest BCUT2D eigenvalue weighted by Crippen LogP contribution is -2.25. The summed E-state index contributed by atoms with van der Waals surface area (Å²) in [6.45, 7) is 9.21. The van der Waals surface area contributed by atoms with E-state index in [4.69, 9.17) is 0 Å². The van der Waals surface area contributed by atoms with E-state index < -0.39 is 0 Å². The Hall–Kier alpha value is -1.28. The van der Waals surface area contributed by atoms with E-state index in [0.717, 1.165) is 0 Å². The van der Waals surface area contributed by atoms with Crippen molar-refractivity contribution in [1.82, 2.24) is 0 Å². The Balaban J connectivity index is 1.96. The molecule has 0 aliphatic heterocycles. The van der Waals surface area contributed by atoms with E-state index in [1.165, 1.54) is 99.8 Å². The summed E-state index contributed by atoms with van der Waals surface area (Å²) in [7, 11) is 0. The van der Waals surface area contributed by atoms with E-state index in [1.54, 1.807) is 5.56 Å². The smallest absolute Gasteiger partial charge is 0.0374 e. The molecule has 0 radical (unpaired) electrons. The van der Waals surface area contributed by atoms with Gasteiger partial charge >= 0.3 is 0 Å². The Morgan fingerprint density at radius 1 is 0.679 bits per heavy atom. The maximum Gasteiger partial charge on any atom is 0.0374 e. The van der Waals surface area contributed by atoms with Crippen LogP contribution in [0.4, 0.5) is 5.69 Å². The summed E-state index contributed by atoms with van der Waals surface area (Å²) in [4.78, 5) is 4.05. The fraction of sp³-hybridized carbons (Fsp3) is 0.615. The van der Waals surface area contributed by atoms with Crippen molar-refractivity contribution in [3.8, 4) is 10.4 Å². The van der Waals surface area contributed by atoms with E-state index >= 15 is 0 Å². The highest BCUT2D eigenvalue weighted by Gasteiger charge is 2.09. The van der Waals surface area contributed by atoms with Crippen LogP contribution in [0.25, 0.3) is 10.4 Å². The number of thiophene rings is 1. The molecule has 0 saturated carbocycles. The summed E-state index contributed by atoms with van der Waals surface area (Å²) in [6, 6.07) is 11.7. The lowest BCUT2D eigenvalue weighted by Gasteiger charge is -2.25. The van der Waals surface area contributed by atoms with Gasteiger partial charge < -0.3 is 4.90 Å². The highest BCUT2D eigenvalue weighted by atomic mass is 32.1. The maximum absolute atomic E-state index is 2.57. The molecule has 2 heteroatoms. The summed E-state index contributed by atoms with van der Waals surface area (Å²) >= 11 is 1.90. The Labute approximate surface area is 178 Å². The highest BCUT2D eigenvalue weighted by molar-refractivity contribution is 7.13. The van der Waals surface area contributed by atoms with Crippen LogP contribution in [0.3, 0.4) is 0 Å². The molecule has 0 spiro atoms. The summed E-state index contributed by atoms with van der Waals surface area (Å²) in [5.74, 6) is 0. The predicted molar refractivity (Wildman–Crippen MR) is 129 cm³/mol. The molecule has 0 amide bonds. The number of hydrogen-bond acceptors (Lipinski definition) is 2. The normalized spacial score (nSPS) is 11.1. The molecule has 0 unspecified atom stereocenters. The standard InChI is InChI=1S/C26H41NS/c1-4-7-10-11-12-13-14-23-19-22-28-26(23)24-15-17-25(18-16-24)27(20-8-5-2)21-9-6-3/h15-19,22H,4-14,20-21H2,1-3H3. The van der Waals surface area contributed by atoms with Gasteiger partial charge in [-0.15, -0.1) is 11.3 Å². The van der Waals surface area contributed by atoms with E-state index in [0.29, 0.717) is 0 Å². The third kappa shape index (κ3) is 7.62. The molecule has 28 heavy (non-hydrogen) atoms. The van der Waals surface area contributed by atoms with Gasteiger partial charge in [0.25, 0.3) is 0 Å². The molecule has 0 aliphatic rings. The van der Waals surface area contributed by atoms with Crippen molar-refractivity contribution in [1.29, 1.82) is 0 Å². The van der Waals surface area contributed by atoms with Crippen LogP contribution in [0.1, 0.15) is 90.5 Å². The second-order valence-corrected chi connectivity index (χ2v) is 8.95. The van der Waals surface area contributed by atoms with E-state index in [2.05, 4.69) is 61.4 Å². The third-order valence-electron chi connectivity index (χ3n) is 5.60. The molecule has 156 valence electrons. The molecule has 0 saturated heterocycles. The predicted octanol–water partition coefficient (Wildman–Crippen LogP) is 8.72. The molecule has 0 atom stereocenters. The monoisotopic (exact) mass is 399 g/mol. The van der Waals surface area contributed by atoms with Crippen LogP contribution in [-0.2, 0) is 6.42 Å². The van der Waals surface area contributed by atoms with Gasteiger partial charge in [0.15, 0.2) is 0 Å². The van der Waals surface area contributed by atoms with Gasteiger partial charge in [-0.05, 0) is 60.4 Å². The van der Waals surface area contributed by atoms with Crippen molar-refractivity contribution >= 4 is 17.0 Å². The Kier molecular flexibility index (Phi) is 11.4. The van der Waals surface area contributed by atoms with Gasteiger partial charge in [-0.2, -0.15) is 0 Å². The number of hydrogen-bond donors (Lipinski definition) is 0. The average molecular weight is 400 g/mol. The van der Waals surface area contributed by atoms with Gasteiger partial charge in [0.1, 0.15) is 0 Å². The molecule has 1 aromatic heterocycles. The van der Waals surface area contributed by atoms with E-state index in [9.17, 15) is 0 Å². The van der Waals surface area contributed by atoms with Crippen LogP contribution in [0, 0.1) is 0 Å². The van der Waals surface area contributed by atoms with Gasteiger partial charge in [0, 0.05) is 23.7 Å². The average Bonchev–Trinajstić information content (AvgIpc) is 3.19. The molecular formula is C26H41NS. The topological polar surface area (TPSA) is 3.24 Å². The van der Waals surface area contributed by atoms with Gasteiger partial charge in [0.2, 0.25) is 0 Å². The summed E-state index contributed by atoms with van der Waals surface area (Å²) < 4.78 is 0. The molecule has 2 rings (SSSR count). The zero-order chi connectivity index (χ0) is 20.0. The first-order valence-corrected chi connectivity index (χ1v) is 12.6. The molecule has 0 N–H and O–H groups in total. The van der Waals surface area contributed by atoms with Crippen LogP contribution in [-0.4, -0.2) is 13.1 Å². The Morgan fingerprint density at radius 3 is 1.93 bits per heavy atom. The molecule has 1 nitrogen and oxygen atoms in total. The van der Waals surface area contributed by atoms with Crippen LogP contribution >= 0.6 is 11.3 Å². The van der Waals surface area contributed by atoms with Crippen LogP contribution in [0.2, 0.25) is 0 Å². The Bertz CT molecular complexity index is 620. The van der Waals surface area contributed by atoms with Crippen LogP contribution < -0.4 is 4.90 Å². The number of rotatable bonds is 15. The number of unbranched alkanes of at least 4 members (excludes halogenated alkanes) is 7. The first-order valence-electron chi connectivity index (χ1n) is 11.7. The number of anilines is 1. The second kappa shape index (κ2) is 13.8. The summed E-state index contributed by atoms with van der Waals surface area (Å²) in [5, 5.41) is 2.27. The van der Waals surface area contributed by atoms with Gasteiger partial charge in [0.05, 0.1) is 0 Å². The van der Waals surface area contributed by atoms with Crippen molar-refractivity contribution in [2.24, 2.45) is 0 Å². The van der Waals surface area contributed by atoms with Crippen molar-refractivity contribution in [2.45, 2.75) is 91.4 Å². The molecule has 0 aliphatic carbocycles. The van der Waals surface area contributed by atoms with Crippen molar-refractivity contribution in [2.75, 3.05) is 18.0 Å². The van der Waals surface area contributed by atoms with Crippen LogP contribution in [0.5, 0.6) is 0 Å². The fourth-order valence-electron chi connectivity index (χ4n) is 3.77. The molecule has 1 aromatic carbocycles. The fourth-order valence-corrected chi connectivity index (χ4v) is 4.74. The quantitative estimate of drug-likeness (QED) is 0.271. The molecule has 2 aromatic rings. The summed E-state index contributed by atoms with van der Waals surface area (Å²) in [6.07, 6.45) is 14.5. The van der Waals surface area contributed by atoms with Crippen LogP contribution in [0.15, 0.2) is 35.7 Å². The summed E-state index contributed by atoms with van der Waals surface area (Å²) in [5.41, 5.74) is 4.33. The molecule has 0 bridgehead atoms. The SMILES string of the molecule is CCCCCCCCc1ccsc1-c1ccc(N(CCCC)CCCC)cc1. The molecular weight excluding hydrogens is 358 g/mol. The van der Waals surface area contributed by atoms with E-state index in [1.807, 2.05) is 11.3 Å². The van der Waals surface area contributed by atoms with Gasteiger partial charge in [-0.3, -0.25) is 0 Å². The minimum Gasteiger partial charge on any atom is -0.372 e. The lowest BCUT2D eigenvalue weighted by molar-refractivity contribution is 0.608. The minimum atomic E-state index is 1.18. The highest BCUT2D eigenvalue weighted by Crippen LogP contribution is 2.32. The lowest BCUT2D eigenvalue weighted by atomic mass is 10.0. The van der Waals surface area contributed by atoms with Crippen molar-refractivity contribution in [3.05, 3.63) is 41.3 Å². The zero-order valence-electron chi connectivity index (χ0n) is 18.5. The van der Waals surface area contributed by atoms with Crippen molar-refractivity contribution < 1.29 is 0 Å². The van der Waals surface area contributed by atoms with Gasteiger partial charge in [-0.25, -0.2) is 0 Å². The van der Waals surface area contributed by atoms with E-state index in [-0.39, 0.29) is 0 Å². The first-order chi connectivity index (χ1) is 13.8. The Morgan fingerprint density at radius 2 is 1.29 bits per heavy atom. The zero-order valence-corrected chi connectivity index (χ0v) is 19.3. The molecule has 1 heterocycles. The number of nitrogens with zero attached hydrogens (tertiary/aromatic N) is 1. The maximum atomic E-state index is 2.57. The number of benzene rings is 1. The van der Waals surface area contributed by atoms with Crippen molar-refractivity contribution in [3.63, 3.8) is 0 Å². The number of aryl methyl sites for hydroxylation is 1.